The Hall–Kier alpha value is -1.56. The third-order valence-corrected chi connectivity index (χ3v) is 5.72. The van der Waals surface area contributed by atoms with Crippen LogP contribution in [0.5, 0.6) is 0 Å². The fourth-order valence-electron chi connectivity index (χ4n) is 3.02. The van der Waals surface area contributed by atoms with Gasteiger partial charge in [0.2, 0.25) is 5.91 Å². The summed E-state index contributed by atoms with van der Waals surface area (Å²) in [6.07, 6.45) is 0.458. The number of aliphatic hydroxyl groups excluding tert-OH is 1. The fraction of sp³-hybridized carbons (Fsp3) is 0.421. The summed E-state index contributed by atoms with van der Waals surface area (Å²) in [5, 5.41) is 15.4. The zero-order valence-corrected chi connectivity index (χ0v) is 14.8. The Balaban J connectivity index is 1.52. The Labute approximate surface area is 147 Å². The topological polar surface area (TPSA) is 52.6 Å². The van der Waals surface area contributed by atoms with Crippen molar-refractivity contribution in [1.29, 1.82) is 0 Å². The maximum Gasteiger partial charge on any atom is 0.234 e. The molecule has 0 spiro atoms. The largest absolute Gasteiger partial charge is 0.387 e. The lowest BCUT2D eigenvalue weighted by atomic mass is 10.0. The summed E-state index contributed by atoms with van der Waals surface area (Å²) in [4.78, 5) is 14.2. The molecule has 1 aliphatic rings. The van der Waals surface area contributed by atoms with Crippen LogP contribution in [-0.4, -0.2) is 53.6 Å². The van der Waals surface area contributed by atoms with Gasteiger partial charge >= 0.3 is 0 Å². The number of carbonyl (C=O) groups excluding carboxylic acids is 1. The molecule has 0 radical (unpaired) electrons. The number of carbonyl (C=O) groups is 1. The van der Waals surface area contributed by atoms with E-state index in [1.165, 1.54) is 5.75 Å². The number of hydrogen-bond acceptors (Lipinski definition) is 4. The van der Waals surface area contributed by atoms with Crippen molar-refractivity contribution in [3.63, 3.8) is 0 Å². The van der Waals surface area contributed by atoms with Gasteiger partial charge in [-0.1, -0.05) is 36.4 Å². The highest BCUT2D eigenvalue weighted by atomic mass is 32.2. The zero-order valence-electron chi connectivity index (χ0n) is 13.9. The molecule has 1 heterocycles. The predicted octanol–water partition coefficient (Wildman–Crippen LogP) is 2.43. The number of amides is 1. The number of rotatable bonds is 6. The van der Waals surface area contributed by atoms with Gasteiger partial charge in [-0.25, -0.2) is 0 Å². The normalized spacial score (nSPS) is 18.9. The van der Waals surface area contributed by atoms with E-state index in [2.05, 4.69) is 10.2 Å². The Morgan fingerprint density at radius 1 is 1.33 bits per heavy atom. The lowest BCUT2D eigenvalue weighted by molar-refractivity contribution is -0.122. The predicted molar refractivity (Wildman–Crippen MR) is 100 cm³/mol. The van der Waals surface area contributed by atoms with Crippen LogP contribution < -0.4 is 5.32 Å². The van der Waals surface area contributed by atoms with Crippen LogP contribution in [0.2, 0.25) is 0 Å². The maximum absolute atomic E-state index is 12.1. The van der Waals surface area contributed by atoms with E-state index in [0.29, 0.717) is 12.6 Å². The standard InChI is InChI=1S/C19H24N2O2S/c1-21(17-8-9-24-13-17)12-19(23)20-11-18(22)16-7-6-14-4-2-3-5-15(14)10-16/h2-7,10,17-18,22H,8-9,11-13H2,1H3,(H,20,23). The first-order valence-electron chi connectivity index (χ1n) is 8.35. The molecule has 2 aromatic carbocycles. The van der Waals surface area contributed by atoms with E-state index in [1.807, 2.05) is 61.3 Å². The van der Waals surface area contributed by atoms with Crippen molar-refractivity contribution < 1.29 is 9.90 Å². The number of hydrogen-bond donors (Lipinski definition) is 2. The summed E-state index contributed by atoms with van der Waals surface area (Å²) in [7, 11) is 2.00. The summed E-state index contributed by atoms with van der Waals surface area (Å²) < 4.78 is 0. The highest BCUT2D eigenvalue weighted by Gasteiger charge is 2.21. The second-order valence-corrected chi connectivity index (χ2v) is 7.51. The zero-order chi connectivity index (χ0) is 16.9. The van der Waals surface area contributed by atoms with Crippen LogP contribution >= 0.6 is 11.8 Å². The lowest BCUT2D eigenvalue weighted by Crippen LogP contribution is -2.41. The minimum absolute atomic E-state index is 0.0331. The highest BCUT2D eigenvalue weighted by molar-refractivity contribution is 7.99. The lowest BCUT2D eigenvalue weighted by Gasteiger charge is -2.23. The summed E-state index contributed by atoms with van der Waals surface area (Å²) in [5.74, 6) is 2.25. The van der Waals surface area contributed by atoms with Crippen LogP contribution in [0.4, 0.5) is 0 Å². The van der Waals surface area contributed by atoms with Gasteiger partial charge in [0.1, 0.15) is 0 Å². The van der Waals surface area contributed by atoms with Crippen molar-refractivity contribution in [2.45, 2.75) is 18.6 Å². The van der Waals surface area contributed by atoms with Crippen molar-refractivity contribution in [1.82, 2.24) is 10.2 Å². The molecule has 4 nitrogen and oxygen atoms in total. The van der Waals surface area contributed by atoms with Crippen LogP contribution in [0.15, 0.2) is 42.5 Å². The van der Waals surface area contributed by atoms with Gasteiger partial charge in [-0.2, -0.15) is 11.8 Å². The third-order valence-electron chi connectivity index (χ3n) is 4.57. The highest BCUT2D eigenvalue weighted by Crippen LogP contribution is 2.21. The molecule has 1 aliphatic heterocycles. The third kappa shape index (κ3) is 4.29. The molecule has 3 rings (SSSR count). The van der Waals surface area contributed by atoms with Gasteiger partial charge in [0.15, 0.2) is 0 Å². The molecule has 2 aromatic rings. The minimum atomic E-state index is -0.689. The Morgan fingerprint density at radius 3 is 2.88 bits per heavy atom. The second kappa shape index (κ2) is 8.01. The van der Waals surface area contributed by atoms with Crippen molar-refractivity contribution in [3.8, 4) is 0 Å². The number of thioether (sulfide) groups is 1. The van der Waals surface area contributed by atoms with E-state index >= 15 is 0 Å². The molecular formula is C19H24N2O2S. The quantitative estimate of drug-likeness (QED) is 0.845. The van der Waals surface area contributed by atoms with E-state index < -0.39 is 6.10 Å². The first-order chi connectivity index (χ1) is 11.6. The summed E-state index contributed by atoms with van der Waals surface area (Å²) in [6.45, 7) is 0.625. The molecule has 1 saturated heterocycles. The average Bonchev–Trinajstić information content (AvgIpc) is 3.14. The molecule has 1 fully saturated rings. The van der Waals surface area contributed by atoms with Crippen molar-refractivity contribution >= 4 is 28.4 Å². The molecule has 0 aromatic heterocycles. The number of aliphatic hydroxyl groups is 1. The van der Waals surface area contributed by atoms with Gasteiger partial charge in [0, 0.05) is 18.3 Å². The maximum atomic E-state index is 12.1. The molecule has 5 heteroatoms. The number of fused-ring (bicyclic) bond motifs is 1. The molecule has 0 bridgehead atoms. The van der Waals surface area contributed by atoms with Crippen LogP contribution in [0.3, 0.4) is 0 Å². The Bertz CT molecular complexity index is 701. The first-order valence-corrected chi connectivity index (χ1v) is 9.50. The molecule has 0 saturated carbocycles. The first kappa shape index (κ1) is 17.3. The van der Waals surface area contributed by atoms with Crippen LogP contribution in [0.1, 0.15) is 18.1 Å². The molecule has 0 aliphatic carbocycles. The molecular weight excluding hydrogens is 320 g/mol. The van der Waals surface area contributed by atoms with E-state index in [4.69, 9.17) is 0 Å². The van der Waals surface area contributed by atoms with Crippen LogP contribution in [-0.2, 0) is 4.79 Å². The fourth-order valence-corrected chi connectivity index (χ4v) is 4.32. The van der Waals surface area contributed by atoms with Gasteiger partial charge in [-0.05, 0) is 41.6 Å². The number of benzene rings is 2. The van der Waals surface area contributed by atoms with E-state index in [0.717, 1.165) is 28.5 Å². The van der Waals surface area contributed by atoms with E-state index in [9.17, 15) is 9.90 Å². The van der Waals surface area contributed by atoms with Crippen LogP contribution in [0.25, 0.3) is 10.8 Å². The monoisotopic (exact) mass is 344 g/mol. The number of likely N-dealkylation sites (N-methyl/N-ethyl adjacent to an activating group) is 1. The van der Waals surface area contributed by atoms with Gasteiger partial charge in [0.25, 0.3) is 0 Å². The van der Waals surface area contributed by atoms with Crippen molar-refractivity contribution in [2.75, 3.05) is 31.6 Å². The molecule has 2 unspecified atom stereocenters. The van der Waals surface area contributed by atoms with Crippen molar-refractivity contribution in [3.05, 3.63) is 48.0 Å². The minimum Gasteiger partial charge on any atom is -0.387 e. The van der Waals surface area contributed by atoms with E-state index in [-0.39, 0.29) is 12.5 Å². The summed E-state index contributed by atoms with van der Waals surface area (Å²) >= 11 is 1.94. The molecule has 24 heavy (non-hydrogen) atoms. The van der Waals surface area contributed by atoms with E-state index in [1.54, 1.807) is 0 Å². The number of nitrogens with one attached hydrogen (secondary N) is 1. The number of nitrogens with zero attached hydrogens (tertiary/aromatic N) is 1. The molecule has 128 valence electrons. The van der Waals surface area contributed by atoms with Gasteiger partial charge < -0.3 is 10.4 Å². The van der Waals surface area contributed by atoms with Crippen molar-refractivity contribution in [2.24, 2.45) is 0 Å². The molecule has 1 amide bonds. The van der Waals surface area contributed by atoms with Gasteiger partial charge in [-0.15, -0.1) is 0 Å². The van der Waals surface area contributed by atoms with Gasteiger partial charge in [0.05, 0.1) is 12.6 Å². The SMILES string of the molecule is CN(CC(=O)NCC(O)c1ccc2ccccc2c1)C1CCSC1. The molecule has 2 atom stereocenters. The smallest absolute Gasteiger partial charge is 0.234 e. The second-order valence-electron chi connectivity index (χ2n) is 6.36. The Morgan fingerprint density at radius 2 is 2.12 bits per heavy atom. The summed E-state index contributed by atoms with van der Waals surface area (Å²) in [5.41, 5.74) is 0.828. The molecule has 2 N–H and O–H groups in total. The average molecular weight is 344 g/mol. The van der Waals surface area contributed by atoms with Crippen LogP contribution in [0, 0.1) is 0 Å². The van der Waals surface area contributed by atoms with Gasteiger partial charge in [-0.3, -0.25) is 9.69 Å². The Kier molecular flexibility index (Phi) is 5.76. The summed E-state index contributed by atoms with van der Waals surface area (Å²) in [6, 6.07) is 14.4.